The minimum absolute atomic E-state index is 0.153. The number of nitrogens with one attached hydrogen (secondary N) is 1. The molecule has 124 valence electrons. The van der Waals surface area contributed by atoms with E-state index in [1.54, 1.807) is 0 Å². The number of nitrogens with two attached hydrogens (primary N) is 1. The average Bonchev–Trinajstić information content (AvgIpc) is 3.03. The highest BCUT2D eigenvalue weighted by Gasteiger charge is 2.15. The molecule has 4 aromatic rings. The first-order valence-corrected chi connectivity index (χ1v) is 8.61. The van der Waals surface area contributed by atoms with E-state index in [4.69, 9.17) is 5.73 Å². The summed E-state index contributed by atoms with van der Waals surface area (Å²) in [4.78, 5) is 19.5. The highest BCUT2D eigenvalue weighted by molar-refractivity contribution is 9.10. The molecule has 0 saturated carbocycles. The fraction of sp³-hybridized carbons (Fsp3) is 0.0526. The molecule has 2 heterocycles. The molecule has 0 aliphatic rings. The first-order chi connectivity index (χ1) is 12.2. The number of aromatic nitrogens is 3. The second kappa shape index (κ2) is 6.31. The molecule has 0 radical (unpaired) electrons. The van der Waals surface area contributed by atoms with E-state index in [9.17, 15) is 4.79 Å². The molecule has 0 aliphatic heterocycles. The number of aromatic amines is 1. The summed E-state index contributed by atoms with van der Waals surface area (Å²) in [7, 11) is 0. The van der Waals surface area contributed by atoms with E-state index < -0.39 is 0 Å². The molecule has 2 aromatic heterocycles. The number of benzene rings is 2. The summed E-state index contributed by atoms with van der Waals surface area (Å²) < 4.78 is 2.92. The van der Waals surface area contributed by atoms with Crippen LogP contribution in [-0.2, 0) is 6.54 Å². The predicted octanol–water partition coefficient (Wildman–Crippen LogP) is 3.60. The van der Waals surface area contributed by atoms with E-state index in [0.29, 0.717) is 17.6 Å². The van der Waals surface area contributed by atoms with Crippen LogP contribution in [-0.4, -0.2) is 14.5 Å². The number of halogens is 1. The van der Waals surface area contributed by atoms with Gasteiger partial charge in [0.2, 0.25) is 0 Å². The van der Waals surface area contributed by atoms with Crippen LogP contribution in [0.2, 0.25) is 0 Å². The summed E-state index contributed by atoms with van der Waals surface area (Å²) in [5.74, 6) is 0. The van der Waals surface area contributed by atoms with Gasteiger partial charge < -0.3 is 15.3 Å². The lowest BCUT2D eigenvalue weighted by atomic mass is 10.1. The van der Waals surface area contributed by atoms with Gasteiger partial charge in [0.25, 0.3) is 5.56 Å². The third-order valence-electron chi connectivity index (χ3n) is 4.19. The molecule has 2 aromatic carbocycles. The summed E-state index contributed by atoms with van der Waals surface area (Å²) in [6.45, 7) is 0.495. The summed E-state index contributed by atoms with van der Waals surface area (Å²) in [6.07, 6.45) is 3.38. The summed E-state index contributed by atoms with van der Waals surface area (Å²) in [5.41, 5.74) is 9.95. The smallest absolute Gasteiger partial charge is 0.260 e. The third kappa shape index (κ3) is 2.79. The van der Waals surface area contributed by atoms with E-state index in [0.717, 1.165) is 26.9 Å². The molecule has 0 atom stereocenters. The topological polar surface area (TPSA) is 76.7 Å². The molecule has 0 fully saturated rings. The van der Waals surface area contributed by atoms with Gasteiger partial charge in [0.1, 0.15) is 0 Å². The van der Waals surface area contributed by atoms with Crippen LogP contribution in [0.1, 0.15) is 5.56 Å². The molecule has 0 saturated heterocycles. The Bertz CT molecular complexity index is 1100. The Morgan fingerprint density at radius 2 is 1.80 bits per heavy atom. The van der Waals surface area contributed by atoms with Crippen LogP contribution in [0.25, 0.3) is 27.8 Å². The first-order valence-electron chi connectivity index (χ1n) is 7.81. The van der Waals surface area contributed by atoms with Gasteiger partial charge in [0, 0.05) is 28.5 Å². The maximum Gasteiger partial charge on any atom is 0.260 e. The van der Waals surface area contributed by atoms with Crippen LogP contribution in [0.5, 0.6) is 0 Å². The van der Waals surface area contributed by atoms with Crippen molar-refractivity contribution in [2.24, 2.45) is 5.73 Å². The minimum Gasteiger partial charge on any atom is -0.326 e. The lowest BCUT2D eigenvalue weighted by molar-refractivity contribution is 1.04. The van der Waals surface area contributed by atoms with Gasteiger partial charge in [-0.05, 0) is 35.4 Å². The van der Waals surface area contributed by atoms with Gasteiger partial charge in [-0.1, -0.05) is 40.2 Å². The zero-order valence-corrected chi connectivity index (χ0v) is 14.8. The van der Waals surface area contributed by atoms with Gasteiger partial charge in [-0.15, -0.1) is 0 Å². The number of hydrogen-bond donors (Lipinski definition) is 2. The lowest BCUT2D eigenvalue weighted by Crippen LogP contribution is -2.07. The molecule has 3 N–H and O–H groups in total. The maximum atomic E-state index is 12.5. The minimum atomic E-state index is -0.153. The number of hydrogen-bond acceptors (Lipinski definition) is 3. The average molecular weight is 395 g/mol. The van der Waals surface area contributed by atoms with E-state index in [1.165, 1.54) is 6.33 Å². The van der Waals surface area contributed by atoms with Gasteiger partial charge in [0.05, 0.1) is 11.7 Å². The Kier molecular flexibility index (Phi) is 3.99. The van der Waals surface area contributed by atoms with E-state index >= 15 is 0 Å². The van der Waals surface area contributed by atoms with E-state index in [2.05, 4.69) is 25.9 Å². The Labute approximate surface area is 152 Å². The fourth-order valence-electron chi connectivity index (χ4n) is 2.91. The normalized spacial score (nSPS) is 11.1. The molecule has 0 amide bonds. The molecule has 6 heteroatoms. The van der Waals surface area contributed by atoms with Gasteiger partial charge in [-0.3, -0.25) is 4.79 Å². The zero-order valence-electron chi connectivity index (χ0n) is 13.2. The van der Waals surface area contributed by atoms with Crippen molar-refractivity contribution in [3.63, 3.8) is 0 Å². The largest absolute Gasteiger partial charge is 0.326 e. The number of nitrogens with zero attached hydrogens (tertiary/aromatic N) is 2. The Morgan fingerprint density at radius 3 is 2.48 bits per heavy atom. The number of fused-ring (bicyclic) bond motifs is 1. The summed E-state index contributed by atoms with van der Waals surface area (Å²) in [5, 5.41) is 0.577. The molecule has 4 rings (SSSR count). The molecule has 0 unspecified atom stereocenters. The van der Waals surface area contributed by atoms with Gasteiger partial charge in [-0.25, -0.2) is 4.98 Å². The second-order valence-corrected chi connectivity index (χ2v) is 6.64. The van der Waals surface area contributed by atoms with E-state index in [-0.39, 0.29) is 5.56 Å². The Balaban J connectivity index is 1.98. The monoisotopic (exact) mass is 394 g/mol. The van der Waals surface area contributed by atoms with Crippen LogP contribution in [0.3, 0.4) is 0 Å². The maximum absolute atomic E-state index is 12.5. The van der Waals surface area contributed by atoms with Crippen molar-refractivity contribution in [2.75, 3.05) is 0 Å². The van der Waals surface area contributed by atoms with Gasteiger partial charge in [-0.2, -0.15) is 0 Å². The van der Waals surface area contributed by atoms with E-state index in [1.807, 2.05) is 59.3 Å². The van der Waals surface area contributed by atoms with Crippen LogP contribution < -0.4 is 11.3 Å². The van der Waals surface area contributed by atoms with Crippen molar-refractivity contribution < 1.29 is 0 Å². The van der Waals surface area contributed by atoms with Crippen molar-refractivity contribution in [3.8, 4) is 16.8 Å². The highest BCUT2D eigenvalue weighted by Crippen LogP contribution is 2.30. The number of rotatable bonds is 3. The Morgan fingerprint density at radius 1 is 1.08 bits per heavy atom. The standard InChI is InChI=1S/C19H15BrN4O/c20-14-5-3-13(4-6-14)16-10-24(15-7-1-12(9-21)2-8-15)18-17(16)19(25)23-11-22-18/h1-8,10-11H,9,21H2,(H,22,23,25). The quantitative estimate of drug-likeness (QED) is 0.557. The molecule has 0 spiro atoms. The molecule has 0 bridgehead atoms. The summed E-state index contributed by atoms with van der Waals surface area (Å²) >= 11 is 3.44. The molecular formula is C19H15BrN4O. The summed E-state index contributed by atoms with van der Waals surface area (Å²) in [6, 6.07) is 15.8. The highest BCUT2D eigenvalue weighted by atomic mass is 79.9. The van der Waals surface area contributed by atoms with Crippen molar-refractivity contribution >= 4 is 27.0 Å². The van der Waals surface area contributed by atoms with Crippen LogP contribution in [0.4, 0.5) is 0 Å². The van der Waals surface area contributed by atoms with Crippen LogP contribution in [0, 0.1) is 0 Å². The molecular weight excluding hydrogens is 380 g/mol. The van der Waals surface area contributed by atoms with Crippen molar-refractivity contribution in [3.05, 3.63) is 81.4 Å². The molecule has 0 aliphatic carbocycles. The van der Waals surface area contributed by atoms with Crippen LogP contribution in [0.15, 0.2) is 70.3 Å². The SMILES string of the molecule is NCc1ccc(-n2cc(-c3ccc(Br)cc3)c3c(=O)[nH]cnc32)cc1. The van der Waals surface area contributed by atoms with Crippen molar-refractivity contribution in [1.29, 1.82) is 0 Å². The third-order valence-corrected chi connectivity index (χ3v) is 4.72. The lowest BCUT2D eigenvalue weighted by Gasteiger charge is -2.05. The van der Waals surface area contributed by atoms with Gasteiger partial charge >= 0.3 is 0 Å². The molecule has 25 heavy (non-hydrogen) atoms. The first kappa shape index (κ1) is 15.8. The number of H-pyrrole nitrogens is 1. The fourth-order valence-corrected chi connectivity index (χ4v) is 3.17. The molecule has 5 nitrogen and oxygen atoms in total. The van der Waals surface area contributed by atoms with Crippen molar-refractivity contribution in [2.45, 2.75) is 6.54 Å². The predicted molar refractivity (Wildman–Crippen MR) is 103 cm³/mol. The van der Waals surface area contributed by atoms with Gasteiger partial charge in [0.15, 0.2) is 5.65 Å². The zero-order chi connectivity index (χ0) is 17.4. The van der Waals surface area contributed by atoms with Crippen molar-refractivity contribution in [1.82, 2.24) is 14.5 Å². The Hall–Kier alpha value is -2.70. The van der Waals surface area contributed by atoms with Crippen LogP contribution >= 0.6 is 15.9 Å². The second-order valence-electron chi connectivity index (χ2n) is 5.72.